The number of nitrogens with one attached hydrogen (secondary N) is 1. The molecule has 122 valence electrons. The SMILES string of the molecule is CCC[C@@H]1c2ccc(C)n2CCN1C(=O)Nc1ccccc1C. The van der Waals surface area contributed by atoms with Crippen LogP contribution in [0.2, 0.25) is 0 Å². The van der Waals surface area contributed by atoms with Gasteiger partial charge in [0, 0.05) is 30.2 Å². The van der Waals surface area contributed by atoms with Crippen LogP contribution < -0.4 is 5.32 Å². The average molecular weight is 311 g/mol. The van der Waals surface area contributed by atoms with Gasteiger partial charge in [0.25, 0.3) is 0 Å². The lowest BCUT2D eigenvalue weighted by molar-refractivity contribution is 0.162. The Morgan fingerprint density at radius 3 is 2.70 bits per heavy atom. The van der Waals surface area contributed by atoms with E-state index in [0.29, 0.717) is 0 Å². The van der Waals surface area contributed by atoms with Gasteiger partial charge in [-0.05, 0) is 44.0 Å². The first kappa shape index (κ1) is 15.7. The molecule has 4 heteroatoms. The number of hydrogen-bond acceptors (Lipinski definition) is 1. The molecule has 0 saturated carbocycles. The van der Waals surface area contributed by atoms with Crippen LogP contribution in [0.15, 0.2) is 36.4 Å². The standard InChI is InChI=1S/C19H25N3O/c1-4-7-17-18-11-10-15(3)21(18)12-13-22(17)19(23)20-16-9-6-5-8-14(16)2/h5-6,8-11,17H,4,7,12-13H2,1-3H3,(H,20,23)/t17-/m1/s1. The first-order chi connectivity index (χ1) is 11.1. The highest BCUT2D eigenvalue weighted by Gasteiger charge is 2.31. The van der Waals surface area contributed by atoms with E-state index in [9.17, 15) is 4.79 Å². The van der Waals surface area contributed by atoms with E-state index >= 15 is 0 Å². The van der Waals surface area contributed by atoms with E-state index in [-0.39, 0.29) is 12.1 Å². The zero-order valence-corrected chi connectivity index (χ0v) is 14.2. The molecule has 0 bridgehead atoms. The second-order valence-electron chi connectivity index (χ2n) is 6.29. The van der Waals surface area contributed by atoms with Crippen molar-refractivity contribution in [3.05, 3.63) is 53.3 Å². The fourth-order valence-corrected chi connectivity index (χ4v) is 3.43. The highest BCUT2D eigenvalue weighted by Crippen LogP contribution is 2.32. The summed E-state index contributed by atoms with van der Waals surface area (Å²) in [5.74, 6) is 0. The molecule has 1 N–H and O–H groups in total. The van der Waals surface area contributed by atoms with Crippen LogP contribution in [0, 0.1) is 13.8 Å². The van der Waals surface area contributed by atoms with Crippen LogP contribution in [-0.2, 0) is 6.54 Å². The largest absolute Gasteiger partial charge is 0.345 e. The number of benzene rings is 1. The fraction of sp³-hybridized carbons (Fsp3) is 0.421. The quantitative estimate of drug-likeness (QED) is 0.890. The number of urea groups is 1. The van der Waals surface area contributed by atoms with Crippen molar-refractivity contribution in [3.8, 4) is 0 Å². The number of amides is 2. The number of nitrogens with zero attached hydrogens (tertiary/aromatic N) is 2. The van der Waals surface area contributed by atoms with Gasteiger partial charge in [-0.25, -0.2) is 4.79 Å². The Bertz CT molecular complexity index is 704. The van der Waals surface area contributed by atoms with Gasteiger partial charge in [0.05, 0.1) is 6.04 Å². The van der Waals surface area contributed by atoms with E-state index in [2.05, 4.69) is 35.9 Å². The molecular weight excluding hydrogens is 286 g/mol. The summed E-state index contributed by atoms with van der Waals surface area (Å²) in [6.07, 6.45) is 2.05. The van der Waals surface area contributed by atoms with Gasteiger partial charge in [0.2, 0.25) is 0 Å². The molecule has 0 unspecified atom stereocenters. The van der Waals surface area contributed by atoms with E-state index < -0.39 is 0 Å². The first-order valence-corrected chi connectivity index (χ1v) is 8.41. The Morgan fingerprint density at radius 2 is 1.96 bits per heavy atom. The smallest absolute Gasteiger partial charge is 0.322 e. The molecule has 1 atom stereocenters. The van der Waals surface area contributed by atoms with Gasteiger partial charge in [0.15, 0.2) is 0 Å². The molecular formula is C19H25N3O. The van der Waals surface area contributed by atoms with Crippen LogP contribution in [-0.4, -0.2) is 22.0 Å². The second kappa shape index (κ2) is 6.49. The van der Waals surface area contributed by atoms with Crippen LogP contribution in [0.5, 0.6) is 0 Å². The molecule has 2 aromatic rings. The van der Waals surface area contributed by atoms with Crippen molar-refractivity contribution in [2.75, 3.05) is 11.9 Å². The summed E-state index contributed by atoms with van der Waals surface area (Å²) in [7, 11) is 0. The summed E-state index contributed by atoms with van der Waals surface area (Å²) < 4.78 is 2.35. The van der Waals surface area contributed by atoms with Crippen molar-refractivity contribution in [1.29, 1.82) is 0 Å². The number of carbonyl (C=O) groups excluding carboxylic acids is 1. The molecule has 0 spiro atoms. The number of carbonyl (C=O) groups is 1. The van der Waals surface area contributed by atoms with Crippen molar-refractivity contribution in [2.45, 2.75) is 46.2 Å². The fourth-order valence-electron chi connectivity index (χ4n) is 3.43. The van der Waals surface area contributed by atoms with Gasteiger partial charge < -0.3 is 14.8 Å². The number of anilines is 1. The van der Waals surface area contributed by atoms with E-state index in [1.807, 2.05) is 36.1 Å². The van der Waals surface area contributed by atoms with Crippen molar-refractivity contribution in [2.24, 2.45) is 0 Å². The normalized spacial score (nSPS) is 17.0. The van der Waals surface area contributed by atoms with Crippen LogP contribution >= 0.6 is 0 Å². The average Bonchev–Trinajstić information content (AvgIpc) is 2.92. The van der Waals surface area contributed by atoms with Gasteiger partial charge >= 0.3 is 6.03 Å². The Labute approximate surface area is 138 Å². The number of para-hydroxylation sites is 1. The molecule has 2 heterocycles. The van der Waals surface area contributed by atoms with Gasteiger partial charge in [-0.2, -0.15) is 0 Å². The van der Waals surface area contributed by atoms with Crippen molar-refractivity contribution in [1.82, 2.24) is 9.47 Å². The number of aryl methyl sites for hydroxylation is 2. The lowest BCUT2D eigenvalue weighted by atomic mass is 10.0. The molecule has 0 aliphatic carbocycles. The van der Waals surface area contributed by atoms with E-state index in [1.165, 1.54) is 11.4 Å². The minimum Gasteiger partial charge on any atom is -0.345 e. The number of fused-ring (bicyclic) bond motifs is 1. The highest BCUT2D eigenvalue weighted by molar-refractivity contribution is 5.90. The number of rotatable bonds is 3. The van der Waals surface area contributed by atoms with Crippen molar-refractivity contribution in [3.63, 3.8) is 0 Å². The molecule has 4 nitrogen and oxygen atoms in total. The summed E-state index contributed by atoms with van der Waals surface area (Å²) >= 11 is 0. The van der Waals surface area contributed by atoms with Crippen molar-refractivity contribution < 1.29 is 4.79 Å². The molecule has 1 aromatic carbocycles. The highest BCUT2D eigenvalue weighted by atomic mass is 16.2. The summed E-state index contributed by atoms with van der Waals surface area (Å²) in [5.41, 5.74) is 4.52. The molecule has 23 heavy (non-hydrogen) atoms. The zero-order valence-electron chi connectivity index (χ0n) is 14.2. The van der Waals surface area contributed by atoms with Crippen LogP contribution in [0.4, 0.5) is 10.5 Å². The molecule has 0 saturated heterocycles. The summed E-state index contributed by atoms with van der Waals surface area (Å²) in [6, 6.07) is 12.4. The maximum atomic E-state index is 12.8. The third-order valence-corrected chi connectivity index (χ3v) is 4.72. The summed E-state index contributed by atoms with van der Waals surface area (Å²) in [6.45, 7) is 7.95. The van der Waals surface area contributed by atoms with Gasteiger partial charge in [-0.15, -0.1) is 0 Å². The molecule has 3 rings (SSSR count). The van der Waals surface area contributed by atoms with Gasteiger partial charge in [-0.3, -0.25) is 0 Å². The summed E-state index contributed by atoms with van der Waals surface area (Å²) in [5, 5.41) is 3.08. The predicted molar refractivity (Wildman–Crippen MR) is 93.7 cm³/mol. The van der Waals surface area contributed by atoms with Crippen molar-refractivity contribution >= 4 is 11.7 Å². The van der Waals surface area contributed by atoms with Crippen LogP contribution in [0.3, 0.4) is 0 Å². The minimum atomic E-state index is 0.00264. The maximum Gasteiger partial charge on any atom is 0.322 e. The molecule has 1 aliphatic rings. The third-order valence-electron chi connectivity index (χ3n) is 4.72. The molecule has 2 amide bonds. The van der Waals surface area contributed by atoms with E-state index in [4.69, 9.17) is 0 Å². The topological polar surface area (TPSA) is 37.3 Å². The Kier molecular flexibility index (Phi) is 4.42. The predicted octanol–water partition coefficient (Wildman–Crippen LogP) is 4.49. The Hall–Kier alpha value is -2.23. The number of hydrogen-bond donors (Lipinski definition) is 1. The molecule has 0 radical (unpaired) electrons. The van der Waals surface area contributed by atoms with Gasteiger partial charge in [-0.1, -0.05) is 31.5 Å². The minimum absolute atomic E-state index is 0.00264. The van der Waals surface area contributed by atoms with E-state index in [1.54, 1.807) is 0 Å². The number of aromatic nitrogens is 1. The van der Waals surface area contributed by atoms with Crippen LogP contribution in [0.1, 0.15) is 42.8 Å². The molecule has 1 aromatic heterocycles. The van der Waals surface area contributed by atoms with E-state index in [0.717, 1.165) is 37.2 Å². The Balaban J connectivity index is 1.84. The first-order valence-electron chi connectivity index (χ1n) is 8.41. The Morgan fingerprint density at radius 1 is 1.17 bits per heavy atom. The second-order valence-corrected chi connectivity index (χ2v) is 6.29. The summed E-state index contributed by atoms with van der Waals surface area (Å²) in [4.78, 5) is 14.8. The lowest BCUT2D eigenvalue weighted by Gasteiger charge is -2.37. The third kappa shape index (κ3) is 2.98. The van der Waals surface area contributed by atoms with Gasteiger partial charge in [0.1, 0.15) is 0 Å². The molecule has 0 fully saturated rings. The lowest BCUT2D eigenvalue weighted by Crippen LogP contribution is -2.44. The zero-order chi connectivity index (χ0) is 16.4. The monoisotopic (exact) mass is 311 g/mol. The maximum absolute atomic E-state index is 12.8. The van der Waals surface area contributed by atoms with Crippen LogP contribution in [0.25, 0.3) is 0 Å². The molecule has 1 aliphatic heterocycles.